The standard InChI is InChI=1S/C21H22N2O4S/c1-14-4-5-15-17(24)12-19(27-18(15)11-14)21(25)22-13-16(20-3-2-10-28-20)23-6-8-26-9-7-23/h2-5,10-12,16H,6-9,13H2,1H3,(H,22,25)/t16-/m1/s1. The van der Waals surface area contributed by atoms with Gasteiger partial charge >= 0.3 is 0 Å². The normalized spacial score (nSPS) is 16.2. The van der Waals surface area contributed by atoms with Crippen LogP contribution in [0.15, 0.2) is 51.0 Å². The second-order valence-corrected chi connectivity index (χ2v) is 7.84. The highest BCUT2D eigenvalue weighted by molar-refractivity contribution is 7.10. The van der Waals surface area contributed by atoms with Crippen LogP contribution in [0.2, 0.25) is 0 Å². The van der Waals surface area contributed by atoms with Gasteiger partial charge in [-0.3, -0.25) is 14.5 Å². The molecule has 0 unspecified atom stereocenters. The van der Waals surface area contributed by atoms with E-state index < -0.39 is 0 Å². The molecule has 1 atom stereocenters. The lowest BCUT2D eigenvalue weighted by molar-refractivity contribution is 0.0168. The molecule has 3 heterocycles. The summed E-state index contributed by atoms with van der Waals surface area (Å²) in [6.07, 6.45) is 0. The largest absolute Gasteiger partial charge is 0.451 e. The van der Waals surface area contributed by atoms with Crippen LogP contribution in [0.4, 0.5) is 0 Å². The molecule has 0 radical (unpaired) electrons. The fourth-order valence-corrected chi connectivity index (χ4v) is 4.29. The number of nitrogens with zero attached hydrogens (tertiary/aromatic N) is 1. The fourth-order valence-electron chi connectivity index (χ4n) is 3.43. The third-order valence-corrected chi connectivity index (χ3v) is 5.90. The number of ether oxygens (including phenoxy) is 1. The highest BCUT2D eigenvalue weighted by atomic mass is 32.1. The maximum atomic E-state index is 12.7. The molecule has 2 aromatic heterocycles. The molecule has 4 rings (SSSR count). The summed E-state index contributed by atoms with van der Waals surface area (Å²) in [7, 11) is 0. The average Bonchev–Trinajstić information content (AvgIpc) is 3.23. The maximum absolute atomic E-state index is 12.7. The summed E-state index contributed by atoms with van der Waals surface area (Å²) < 4.78 is 11.2. The summed E-state index contributed by atoms with van der Waals surface area (Å²) >= 11 is 1.67. The van der Waals surface area contributed by atoms with Crippen molar-refractivity contribution in [1.82, 2.24) is 10.2 Å². The Hall–Kier alpha value is -2.48. The Morgan fingerprint density at radius 2 is 2.07 bits per heavy atom. The van der Waals surface area contributed by atoms with Crippen LogP contribution in [0.3, 0.4) is 0 Å². The van der Waals surface area contributed by atoms with Crippen molar-refractivity contribution in [3.63, 3.8) is 0 Å². The number of rotatable bonds is 5. The number of benzene rings is 1. The Balaban J connectivity index is 1.53. The van der Waals surface area contributed by atoms with Crippen molar-refractivity contribution < 1.29 is 13.9 Å². The Labute approximate surface area is 166 Å². The van der Waals surface area contributed by atoms with Gasteiger partial charge in [-0.1, -0.05) is 12.1 Å². The summed E-state index contributed by atoms with van der Waals surface area (Å²) in [6.45, 7) is 5.38. The van der Waals surface area contributed by atoms with Gasteiger partial charge in [-0.15, -0.1) is 11.3 Å². The molecule has 1 amide bonds. The van der Waals surface area contributed by atoms with Crippen molar-refractivity contribution in [2.45, 2.75) is 13.0 Å². The summed E-state index contributed by atoms with van der Waals surface area (Å²) in [5.74, 6) is -0.342. The minimum absolute atomic E-state index is 0.0370. The van der Waals surface area contributed by atoms with E-state index in [4.69, 9.17) is 9.15 Å². The first-order chi connectivity index (χ1) is 13.6. The van der Waals surface area contributed by atoms with Gasteiger partial charge in [0.1, 0.15) is 5.58 Å². The van der Waals surface area contributed by atoms with Crippen LogP contribution >= 0.6 is 11.3 Å². The zero-order valence-electron chi connectivity index (χ0n) is 15.6. The molecule has 0 saturated carbocycles. The van der Waals surface area contributed by atoms with Crippen LogP contribution in [0, 0.1) is 6.92 Å². The van der Waals surface area contributed by atoms with Gasteiger partial charge in [0, 0.05) is 30.6 Å². The van der Waals surface area contributed by atoms with E-state index in [9.17, 15) is 9.59 Å². The van der Waals surface area contributed by atoms with Crippen LogP contribution < -0.4 is 10.7 Å². The Bertz CT molecular complexity index is 1020. The van der Waals surface area contributed by atoms with Crippen LogP contribution in [0.1, 0.15) is 27.0 Å². The summed E-state index contributed by atoms with van der Waals surface area (Å²) in [4.78, 5) is 28.5. The van der Waals surface area contributed by atoms with E-state index in [1.54, 1.807) is 23.5 Å². The molecule has 6 nitrogen and oxygen atoms in total. The molecule has 0 bridgehead atoms. The van der Waals surface area contributed by atoms with Gasteiger partial charge in [0.2, 0.25) is 0 Å². The van der Waals surface area contributed by atoms with E-state index in [0.717, 1.165) is 18.7 Å². The Kier molecular flexibility index (Phi) is 5.57. The minimum atomic E-state index is -0.379. The van der Waals surface area contributed by atoms with Gasteiger partial charge in [-0.2, -0.15) is 0 Å². The van der Waals surface area contributed by atoms with Crippen molar-refractivity contribution >= 4 is 28.2 Å². The number of amides is 1. The first-order valence-corrected chi connectivity index (χ1v) is 10.2. The lowest BCUT2D eigenvalue weighted by Gasteiger charge is -2.34. The number of nitrogens with one attached hydrogen (secondary N) is 1. The second kappa shape index (κ2) is 8.26. The van der Waals surface area contributed by atoms with Gasteiger partial charge in [0.05, 0.1) is 24.6 Å². The SMILES string of the molecule is Cc1ccc2c(=O)cc(C(=O)NC[C@H](c3cccs3)N3CCOCC3)oc2c1. The lowest BCUT2D eigenvalue weighted by Crippen LogP contribution is -2.43. The number of thiophene rings is 1. The molecule has 1 aromatic carbocycles. The fraction of sp³-hybridized carbons (Fsp3) is 0.333. The molecule has 1 N–H and O–H groups in total. The van der Waals surface area contributed by atoms with Gasteiger partial charge in [-0.25, -0.2) is 0 Å². The van der Waals surface area contributed by atoms with E-state index in [0.29, 0.717) is 30.7 Å². The zero-order valence-corrected chi connectivity index (χ0v) is 16.5. The van der Waals surface area contributed by atoms with Gasteiger partial charge in [0.15, 0.2) is 11.2 Å². The van der Waals surface area contributed by atoms with Crippen molar-refractivity contribution in [2.24, 2.45) is 0 Å². The number of fused-ring (bicyclic) bond motifs is 1. The van der Waals surface area contributed by atoms with Gasteiger partial charge in [-0.05, 0) is 36.1 Å². The van der Waals surface area contributed by atoms with Crippen LogP contribution in [-0.4, -0.2) is 43.7 Å². The summed E-state index contributed by atoms with van der Waals surface area (Å²) in [5.41, 5.74) is 1.19. The molecule has 1 aliphatic rings. The molecule has 1 fully saturated rings. The van der Waals surface area contributed by atoms with Crippen LogP contribution in [0.5, 0.6) is 0 Å². The predicted molar refractivity (Wildman–Crippen MR) is 109 cm³/mol. The van der Waals surface area contributed by atoms with E-state index in [1.807, 2.05) is 24.4 Å². The molecule has 3 aromatic rings. The van der Waals surface area contributed by atoms with Crippen molar-refractivity contribution in [2.75, 3.05) is 32.8 Å². The first kappa shape index (κ1) is 18.9. The van der Waals surface area contributed by atoms with E-state index in [1.165, 1.54) is 10.9 Å². The smallest absolute Gasteiger partial charge is 0.287 e. The number of aryl methyl sites for hydroxylation is 1. The molecule has 28 heavy (non-hydrogen) atoms. The summed E-state index contributed by atoms with van der Waals surface area (Å²) in [6, 6.07) is 10.8. The first-order valence-electron chi connectivity index (χ1n) is 9.30. The van der Waals surface area contributed by atoms with Gasteiger partial charge < -0.3 is 14.5 Å². The monoisotopic (exact) mass is 398 g/mol. The average molecular weight is 398 g/mol. The predicted octanol–water partition coefficient (Wildman–Crippen LogP) is 2.97. The maximum Gasteiger partial charge on any atom is 0.287 e. The number of hydrogen-bond acceptors (Lipinski definition) is 6. The van der Waals surface area contributed by atoms with Crippen LogP contribution in [0.25, 0.3) is 11.0 Å². The van der Waals surface area contributed by atoms with E-state index >= 15 is 0 Å². The third kappa shape index (κ3) is 4.01. The lowest BCUT2D eigenvalue weighted by atomic mass is 10.1. The van der Waals surface area contributed by atoms with E-state index in [2.05, 4.69) is 16.3 Å². The highest BCUT2D eigenvalue weighted by Gasteiger charge is 2.24. The second-order valence-electron chi connectivity index (χ2n) is 6.86. The Morgan fingerprint density at radius 3 is 2.82 bits per heavy atom. The molecular formula is C21H22N2O4S. The van der Waals surface area contributed by atoms with Crippen molar-refractivity contribution in [3.8, 4) is 0 Å². The minimum Gasteiger partial charge on any atom is -0.451 e. The molecule has 1 saturated heterocycles. The van der Waals surface area contributed by atoms with Gasteiger partial charge in [0.25, 0.3) is 5.91 Å². The van der Waals surface area contributed by atoms with Crippen LogP contribution in [-0.2, 0) is 4.74 Å². The number of hydrogen-bond donors (Lipinski definition) is 1. The molecule has 146 valence electrons. The molecule has 1 aliphatic heterocycles. The third-order valence-electron chi connectivity index (χ3n) is 4.92. The number of carbonyl (C=O) groups is 1. The Morgan fingerprint density at radius 1 is 1.25 bits per heavy atom. The molecule has 0 spiro atoms. The topological polar surface area (TPSA) is 71.8 Å². The van der Waals surface area contributed by atoms with Crippen molar-refractivity contribution in [3.05, 3.63) is 68.2 Å². The molecule has 7 heteroatoms. The zero-order chi connectivity index (χ0) is 19.5. The molecular weight excluding hydrogens is 376 g/mol. The number of morpholine rings is 1. The summed E-state index contributed by atoms with van der Waals surface area (Å²) in [5, 5.41) is 5.46. The molecule has 0 aliphatic carbocycles. The number of carbonyl (C=O) groups excluding carboxylic acids is 1. The highest BCUT2D eigenvalue weighted by Crippen LogP contribution is 2.25. The quantitative estimate of drug-likeness (QED) is 0.715. The van der Waals surface area contributed by atoms with Crippen molar-refractivity contribution in [1.29, 1.82) is 0 Å². The van der Waals surface area contributed by atoms with E-state index in [-0.39, 0.29) is 23.1 Å².